The number of hydrogen-bond donors (Lipinski definition) is 3. The number of carbonyl (C=O) groups excluding carboxylic acids is 1. The molecule has 6 nitrogen and oxygen atoms in total. The number of aromatic hydroxyl groups is 1. The normalized spacial score (nSPS) is 13.4. The summed E-state index contributed by atoms with van der Waals surface area (Å²) >= 11 is 0. The summed E-state index contributed by atoms with van der Waals surface area (Å²) in [4.78, 5) is 10.9. The van der Waals surface area contributed by atoms with E-state index in [2.05, 4.69) is 0 Å². The van der Waals surface area contributed by atoms with Crippen molar-refractivity contribution >= 4 is 16.0 Å². The molecular weight excluding hydrogens is 222 g/mol. The molecule has 0 saturated heterocycles. The van der Waals surface area contributed by atoms with Crippen molar-refractivity contribution in [2.75, 3.05) is 0 Å². The Bertz CT molecular complexity index is 464. The van der Waals surface area contributed by atoms with Crippen molar-refractivity contribution in [3.05, 3.63) is 29.8 Å². The summed E-state index contributed by atoms with van der Waals surface area (Å²) in [6.07, 6.45) is 0. The minimum atomic E-state index is -4.59. The van der Waals surface area contributed by atoms with Gasteiger partial charge < -0.3 is 10.8 Å². The molecule has 0 spiro atoms. The molecule has 0 radical (unpaired) electrons. The second-order valence-electron chi connectivity index (χ2n) is 2.89. The zero-order chi connectivity index (χ0) is 11.6. The fourth-order valence-corrected chi connectivity index (χ4v) is 1.93. The Balaban J connectivity index is 3.23. The van der Waals surface area contributed by atoms with Gasteiger partial charge in [0, 0.05) is 0 Å². The molecule has 0 aliphatic heterocycles. The van der Waals surface area contributed by atoms with Crippen LogP contribution in [0.15, 0.2) is 24.3 Å². The lowest BCUT2D eigenvalue weighted by atomic mass is 10.1. The molecule has 0 fully saturated rings. The van der Waals surface area contributed by atoms with Crippen molar-refractivity contribution in [1.82, 2.24) is 0 Å². The van der Waals surface area contributed by atoms with E-state index in [-0.39, 0.29) is 11.3 Å². The lowest BCUT2D eigenvalue weighted by Gasteiger charge is -2.09. The number of rotatable bonds is 3. The van der Waals surface area contributed by atoms with Gasteiger partial charge in [-0.1, -0.05) is 12.1 Å². The molecule has 1 unspecified atom stereocenters. The molecule has 15 heavy (non-hydrogen) atoms. The fourth-order valence-electron chi connectivity index (χ4n) is 1.13. The van der Waals surface area contributed by atoms with Crippen LogP contribution in [-0.4, -0.2) is 24.0 Å². The molecule has 0 aromatic heterocycles. The highest BCUT2D eigenvalue weighted by Crippen LogP contribution is 2.22. The molecule has 1 atom stereocenters. The first-order chi connectivity index (χ1) is 6.82. The van der Waals surface area contributed by atoms with Crippen molar-refractivity contribution in [2.45, 2.75) is 5.25 Å². The van der Waals surface area contributed by atoms with Gasteiger partial charge in [-0.3, -0.25) is 9.35 Å². The van der Waals surface area contributed by atoms with Gasteiger partial charge in [-0.25, -0.2) is 0 Å². The van der Waals surface area contributed by atoms with E-state index in [1.165, 1.54) is 24.3 Å². The van der Waals surface area contributed by atoms with Crippen LogP contribution in [-0.2, 0) is 14.9 Å². The number of primary amides is 1. The van der Waals surface area contributed by atoms with Crippen molar-refractivity contribution in [1.29, 1.82) is 0 Å². The number of phenols is 1. The molecule has 0 saturated carbocycles. The highest BCUT2D eigenvalue weighted by Gasteiger charge is 2.30. The summed E-state index contributed by atoms with van der Waals surface area (Å²) < 4.78 is 30.5. The molecule has 1 aromatic rings. The second kappa shape index (κ2) is 3.87. The maximum Gasteiger partial charge on any atom is 0.281 e. The van der Waals surface area contributed by atoms with E-state index in [0.29, 0.717) is 0 Å². The van der Waals surface area contributed by atoms with E-state index in [4.69, 9.17) is 15.4 Å². The van der Waals surface area contributed by atoms with Crippen LogP contribution in [0.5, 0.6) is 5.75 Å². The fraction of sp³-hybridized carbons (Fsp3) is 0.125. The number of hydrogen-bond acceptors (Lipinski definition) is 4. The quantitative estimate of drug-likeness (QED) is 0.623. The van der Waals surface area contributed by atoms with Crippen LogP contribution >= 0.6 is 0 Å². The smallest absolute Gasteiger partial charge is 0.281 e. The summed E-state index contributed by atoms with van der Waals surface area (Å²) in [6, 6.07) is 4.77. The van der Waals surface area contributed by atoms with Gasteiger partial charge in [0.1, 0.15) is 5.75 Å². The Kier molecular flexibility index (Phi) is 2.96. The third kappa shape index (κ3) is 2.67. The zero-order valence-corrected chi connectivity index (χ0v) is 8.31. The van der Waals surface area contributed by atoms with Gasteiger partial charge in [-0.2, -0.15) is 8.42 Å². The molecule has 1 aromatic carbocycles. The van der Waals surface area contributed by atoms with Crippen molar-refractivity contribution in [3.63, 3.8) is 0 Å². The number of benzene rings is 1. The van der Waals surface area contributed by atoms with Crippen LogP contribution in [0.1, 0.15) is 10.8 Å². The zero-order valence-electron chi connectivity index (χ0n) is 7.49. The van der Waals surface area contributed by atoms with Crippen LogP contribution in [0.25, 0.3) is 0 Å². The van der Waals surface area contributed by atoms with Gasteiger partial charge in [0.05, 0.1) is 0 Å². The second-order valence-corrected chi connectivity index (χ2v) is 4.39. The van der Waals surface area contributed by atoms with E-state index in [9.17, 15) is 13.2 Å². The summed E-state index contributed by atoms with van der Waals surface area (Å²) in [5.74, 6) is -1.26. The summed E-state index contributed by atoms with van der Waals surface area (Å²) in [5.41, 5.74) is 4.85. The van der Waals surface area contributed by atoms with Gasteiger partial charge in [0.25, 0.3) is 10.1 Å². The molecule has 82 valence electrons. The molecule has 1 amide bonds. The highest BCUT2D eigenvalue weighted by molar-refractivity contribution is 7.86. The summed E-state index contributed by atoms with van der Waals surface area (Å²) in [5, 5.41) is 7.14. The Morgan fingerprint density at radius 3 is 2.07 bits per heavy atom. The predicted molar refractivity (Wildman–Crippen MR) is 51.6 cm³/mol. The average molecular weight is 231 g/mol. The molecule has 1 rings (SSSR count). The van der Waals surface area contributed by atoms with Crippen LogP contribution in [0, 0.1) is 0 Å². The minimum Gasteiger partial charge on any atom is -0.508 e. The first-order valence-corrected chi connectivity index (χ1v) is 5.37. The number of nitrogens with two attached hydrogens (primary N) is 1. The lowest BCUT2D eigenvalue weighted by molar-refractivity contribution is -0.117. The average Bonchev–Trinajstić information content (AvgIpc) is 2.05. The summed E-state index contributed by atoms with van der Waals surface area (Å²) in [6.45, 7) is 0. The van der Waals surface area contributed by atoms with E-state index < -0.39 is 21.3 Å². The van der Waals surface area contributed by atoms with Crippen LogP contribution in [0.3, 0.4) is 0 Å². The highest BCUT2D eigenvalue weighted by atomic mass is 32.2. The van der Waals surface area contributed by atoms with E-state index >= 15 is 0 Å². The lowest BCUT2D eigenvalue weighted by Crippen LogP contribution is -2.27. The maximum atomic E-state index is 10.9. The van der Waals surface area contributed by atoms with Crippen LogP contribution < -0.4 is 5.73 Å². The molecule has 0 bridgehead atoms. The number of carbonyl (C=O) groups is 1. The third-order valence-corrected chi connectivity index (χ3v) is 2.85. The Labute approximate surface area is 86.1 Å². The summed E-state index contributed by atoms with van der Waals surface area (Å²) in [7, 11) is -4.59. The standard InChI is InChI=1S/C8H9NO5S/c9-8(11)7(15(12,13)14)5-1-3-6(10)4-2-5/h1-4,7,10H,(H2,9,11)(H,12,13,14). The van der Waals surface area contributed by atoms with Gasteiger partial charge >= 0.3 is 0 Å². The monoisotopic (exact) mass is 231 g/mol. The van der Waals surface area contributed by atoms with Crippen LogP contribution in [0.2, 0.25) is 0 Å². The molecule has 0 aliphatic rings. The number of amides is 1. The Hall–Kier alpha value is -1.60. The topological polar surface area (TPSA) is 118 Å². The van der Waals surface area contributed by atoms with Crippen LogP contribution in [0.4, 0.5) is 0 Å². The Morgan fingerprint density at radius 2 is 1.73 bits per heavy atom. The molecule has 7 heteroatoms. The van der Waals surface area contributed by atoms with Gasteiger partial charge in [-0.05, 0) is 17.7 Å². The van der Waals surface area contributed by atoms with Crippen molar-refractivity contribution in [2.24, 2.45) is 5.73 Å². The van der Waals surface area contributed by atoms with Crippen molar-refractivity contribution < 1.29 is 22.9 Å². The van der Waals surface area contributed by atoms with Crippen molar-refractivity contribution in [3.8, 4) is 5.75 Å². The molecule has 0 heterocycles. The third-order valence-electron chi connectivity index (χ3n) is 1.75. The molecular formula is C8H9NO5S. The van der Waals surface area contributed by atoms with Gasteiger partial charge in [0.2, 0.25) is 5.91 Å². The SMILES string of the molecule is NC(=O)C(c1ccc(O)cc1)S(=O)(=O)O. The molecule has 0 aliphatic carbocycles. The van der Waals surface area contributed by atoms with E-state index in [1.54, 1.807) is 0 Å². The Morgan fingerprint density at radius 1 is 1.27 bits per heavy atom. The van der Waals surface area contributed by atoms with Gasteiger partial charge in [0.15, 0.2) is 5.25 Å². The van der Waals surface area contributed by atoms with E-state index in [0.717, 1.165) is 0 Å². The first kappa shape index (κ1) is 11.5. The molecule has 4 N–H and O–H groups in total. The minimum absolute atomic E-state index is 0.00259. The predicted octanol–water partition coefficient (Wildman–Crippen LogP) is -0.194. The number of phenolic OH excluding ortho intramolecular Hbond substituents is 1. The largest absolute Gasteiger partial charge is 0.508 e. The maximum absolute atomic E-state index is 10.9. The van der Waals surface area contributed by atoms with Gasteiger partial charge in [-0.15, -0.1) is 0 Å². The van der Waals surface area contributed by atoms with E-state index in [1.807, 2.05) is 0 Å². The first-order valence-electron chi connectivity index (χ1n) is 3.87.